The maximum Gasteiger partial charge on any atom is 0.407 e. The quantitative estimate of drug-likeness (QED) is 0.402. The topological polar surface area (TPSA) is 108 Å². The summed E-state index contributed by atoms with van der Waals surface area (Å²) in [6.07, 6.45) is -4.64. The van der Waals surface area contributed by atoms with E-state index in [9.17, 15) is 23.2 Å². The molecule has 1 saturated heterocycles. The zero-order valence-corrected chi connectivity index (χ0v) is 20.6. The fraction of sp³-hybridized carbons (Fsp3) is 0.480. The van der Waals surface area contributed by atoms with Gasteiger partial charge in [0.25, 0.3) is 5.56 Å². The number of nitrogens with zero attached hydrogens (tertiary/aromatic N) is 3. The number of nitriles is 1. The van der Waals surface area contributed by atoms with Gasteiger partial charge in [0.05, 0.1) is 24.6 Å². The Morgan fingerprint density at radius 3 is 2.57 bits per heavy atom. The van der Waals surface area contributed by atoms with E-state index >= 15 is 4.39 Å². The van der Waals surface area contributed by atoms with Crippen LogP contribution < -0.4 is 16.2 Å². The van der Waals surface area contributed by atoms with Crippen molar-refractivity contribution in [1.29, 1.82) is 5.26 Å². The zero-order valence-electron chi connectivity index (χ0n) is 20.6. The molecule has 0 amide bonds. The highest BCUT2D eigenvalue weighted by atomic mass is 19.4. The second-order valence-electron chi connectivity index (χ2n) is 10.2. The molecule has 1 aliphatic rings. The molecule has 8 nitrogen and oxygen atoms in total. The number of halogens is 4. The van der Waals surface area contributed by atoms with E-state index in [1.165, 1.54) is 35.1 Å². The average molecular weight is 521 g/mol. The standard InChI is InChI=1S/C25H28F4N6O2/c1-23(2,3)33-20(25(27,28)29)15-4-6-16(7-5-15)32-21-19-17(8-12-31-22(19)36)35(34-21)24(9-11-30)10-13-37-14-18(24)26/h4-8,12,18,20,33H,9-10,13-14H2,1-3H3,(H,31,36)(H,32,34)/t18-,20?,24+/m0/s1. The van der Waals surface area contributed by atoms with Crippen molar-refractivity contribution in [3.05, 3.63) is 52.4 Å². The van der Waals surface area contributed by atoms with Crippen LogP contribution in [-0.4, -0.2) is 45.9 Å². The number of nitrogens with one attached hydrogen (secondary N) is 3. The van der Waals surface area contributed by atoms with Crippen LogP contribution in [0.4, 0.5) is 29.1 Å². The lowest BCUT2D eigenvalue weighted by Crippen LogP contribution is -2.49. The van der Waals surface area contributed by atoms with Crippen molar-refractivity contribution in [2.24, 2.45) is 0 Å². The third-order valence-electron chi connectivity index (χ3n) is 6.35. The first kappa shape index (κ1) is 26.6. The number of pyridine rings is 1. The summed E-state index contributed by atoms with van der Waals surface area (Å²) in [7, 11) is 0. The van der Waals surface area contributed by atoms with Crippen LogP contribution in [0.2, 0.25) is 0 Å². The maximum absolute atomic E-state index is 15.2. The summed E-state index contributed by atoms with van der Waals surface area (Å²) in [5, 5.41) is 19.7. The molecular formula is C25H28F4N6O2. The van der Waals surface area contributed by atoms with Crippen LogP contribution >= 0.6 is 0 Å². The van der Waals surface area contributed by atoms with Gasteiger partial charge in [0, 0.05) is 24.0 Å². The number of benzene rings is 1. The van der Waals surface area contributed by atoms with E-state index in [-0.39, 0.29) is 42.8 Å². The number of ether oxygens (including phenoxy) is 1. The summed E-state index contributed by atoms with van der Waals surface area (Å²) in [5.74, 6) is 0.0980. The first-order chi connectivity index (χ1) is 17.4. The highest BCUT2D eigenvalue weighted by molar-refractivity contribution is 5.91. The zero-order chi connectivity index (χ0) is 27.0. The normalized spacial score (nSPS) is 21.5. The molecule has 0 saturated carbocycles. The minimum atomic E-state index is -4.51. The molecule has 3 aromatic rings. The Morgan fingerprint density at radius 2 is 1.97 bits per heavy atom. The largest absolute Gasteiger partial charge is 0.407 e. The molecule has 1 unspecified atom stereocenters. The van der Waals surface area contributed by atoms with Gasteiger partial charge in [0.2, 0.25) is 0 Å². The molecule has 2 aromatic heterocycles. The Labute approximate surface area is 210 Å². The summed E-state index contributed by atoms with van der Waals surface area (Å²) in [5.41, 5.74) is -1.86. The first-order valence-electron chi connectivity index (χ1n) is 11.8. The van der Waals surface area contributed by atoms with Gasteiger partial charge in [0.15, 0.2) is 5.82 Å². The number of aromatic nitrogens is 3. The van der Waals surface area contributed by atoms with Crippen molar-refractivity contribution in [2.45, 2.75) is 63.1 Å². The summed E-state index contributed by atoms with van der Waals surface area (Å²) in [4.78, 5) is 15.3. The van der Waals surface area contributed by atoms with Gasteiger partial charge in [-0.05, 0) is 51.0 Å². The van der Waals surface area contributed by atoms with Gasteiger partial charge in [0.1, 0.15) is 23.1 Å². The summed E-state index contributed by atoms with van der Waals surface area (Å²) in [6, 6.07) is 7.33. The van der Waals surface area contributed by atoms with Crippen LogP contribution in [0.1, 0.15) is 45.2 Å². The Morgan fingerprint density at radius 1 is 1.27 bits per heavy atom. The molecular weight excluding hydrogens is 492 g/mol. The molecule has 1 fully saturated rings. The molecule has 198 valence electrons. The Bertz CT molecular complexity index is 1350. The van der Waals surface area contributed by atoms with E-state index in [1.54, 1.807) is 26.8 Å². The van der Waals surface area contributed by atoms with Gasteiger partial charge in [-0.15, -0.1) is 0 Å². The van der Waals surface area contributed by atoms with Crippen molar-refractivity contribution in [3.63, 3.8) is 0 Å². The van der Waals surface area contributed by atoms with E-state index in [2.05, 4.69) is 20.7 Å². The second kappa shape index (κ2) is 9.79. The predicted molar refractivity (Wildman–Crippen MR) is 130 cm³/mol. The lowest BCUT2D eigenvalue weighted by Gasteiger charge is -2.38. The molecule has 1 aliphatic heterocycles. The summed E-state index contributed by atoms with van der Waals surface area (Å²) >= 11 is 0. The molecule has 3 heterocycles. The first-order valence-corrected chi connectivity index (χ1v) is 11.8. The van der Waals surface area contributed by atoms with Crippen LogP contribution in [0.3, 0.4) is 0 Å². The number of anilines is 2. The molecule has 0 bridgehead atoms. The van der Waals surface area contributed by atoms with Gasteiger partial charge in [-0.2, -0.15) is 23.5 Å². The van der Waals surface area contributed by atoms with Crippen molar-refractivity contribution < 1.29 is 22.3 Å². The number of aromatic amines is 1. The predicted octanol–water partition coefficient (Wildman–Crippen LogP) is 4.83. The molecule has 37 heavy (non-hydrogen) atoms. The van der Waals surface area contributed by atoms with Gasteiger partial charge in [-0.3, -0.25) is 14.8 Å². The number of hydrogen-bond acceptors (Lipinski definition) is 6. The molecule has 3 atom stereocenters. The van der Waals surface area contributed by atoms with Crippen LogP contribution in [0.15, 0.2) is 41.3 Å². The van der Waals surface area contributed by atoms with Gasteiger partial charge >= 0.3 is 6.18 Å². The minimum absolute atomic E-state index is 0.0247. The average Bonchev–Trinajstić information content (AvgIpc) is 3.19. The highest BCUT2D eigenvalue weighted by Gasteiger charge is 2.46. The molecule has 1 aromatic carbocycles. The van der Waals surface area contributed by atoms with Crippen molar-refractivity contribution in [1.82, 2.24) is 20.1 Å². The molecule has 0 spiro atoms. The molecule has 12 heteroatoms. The van der Waals surface area contributed by atoms with E-state index in [4.69, 9.17) is 4.74 Å². The SMILES string of the molecule is CC(C)(C)NC(c1ccc(Nc2nn([C@]3(CC#N)CCOC[C@@H]3F)c3cc[nH]c(=O)c23)cc1)C(F)(F)F. The minimum Gasteiger partial charge on any atom is -0.378 e. The Hall–Kier alpha value is -3.43. The Balaban J connectivity index is 1.73. The van der Waals surface area contributed by atoms with Crippen LogP contribution in [0.5, 0.6) is 0 Å². The maximum atomic E-state index is 15.2. The fourth-order valence-corrected chi connectivity index (χ4v) is 4.58. The molecule has 4 rings (SSSR count). The Kier molecular flexibility index (Phi) is 7.05. The third kappa shape index (κ3) is 5.33. The van der Waals surface area contributed by atoms with E-state index in [1.807, 2.05) is 6.07 Å². The van der Waals surface area contributed by atoms with E-state index in [0.717, 1.165) is 0 Å². The van der Waals surface area contributed by atoms with Crippen LogP contribution in [0, 0.1) is 11.3 Å². The van der Waals surface area contributed by atoms with Crippen molar-refractivity contribution in [3.8, 4) is 6.07 Å². The van der Waals surface area contributed by atoms with Crippen LogP contribution in [0.25, 0.3) is 10.9 Å². The van der Waals surface area contributed by atoms with Gasteiger partial charge < -0.3 is 15.0 Å². The lowest BCUT2D eigenvalue weighted by atomic mass is 9.85. The molecule has 0 aliphatic carbocycles. The molecule has 0 radical (unpaired) electrons. The lowest BCUT2D eigenvalue weighted by molar-refractivity contribution is -0.161. The highest BCUT2D eigenvalue weighted by Crippen LogP contribution is 2.39. The van der Waals surface area contributed by atoms with Gasteiger partial charge in [-0.25, -0.2) is 4.39 Å². The third-order valence-corrected chi connectivity index (χ3v) is 6.35. The van der Waals surface area contributed by atoms with E-state index in [0.29, 0.717) is 11.2 Å². The summed E-state index contributed by atoms with van der Waals surface area (Å²) < 4.78 is 63.0. The number of alkyl halides is 4. The second-order valence-corrected chi connectivity index (χ2v) is 10.2. The number of fused-ring (bicyclic) bond motifs is 1. The summed E-state index contributed by atoms with van der Waals surface area (Å²) in [6.45, 7) is 4.97. The van der Waals surface area contributed by atoms with Crippen LogP contribution in [-0.2, 0) is 10.3 Å². The van der Waals surface area contributed by atoms with Crippen molar-refractivity contribution >= 4 is 22.4 Å². The fourth-order valence-electron chi connectivity index (χ4n) is 4.58. The van der Waals surface area contributed by atoms with Crippen molar-refractivity contribution in [2.75, 3.05) is 18.5 Å². The number of rotatable bonds is 6. The number of hydrogen-bond donors (Lipinski definition) is 3. The van der Waals surface area contributed by atoms with E-state index < -0.39 is 35.0 Å². The van der Waals surface area contributed by atoms with Gasteiger partial charge in [-0.1, -0.05) is 12.1 Å². The number of H-pyrrole nitrogens is 1. The smallest absolute Gasteiger partial charge is 0.378 e. The monoisotopic (exact) mass is 520 g/mol. The molecule has 3 N–H and O–H groups in total.